The summed E-state index contributed by atoms with van der Waals surface area (Å²) < 4.78 is 16.0. The highest BCUT2D eigenvalue weighted by atomic mass is 16.5. The maximum absolute atomic E-state index is 5.63. The highest BCUT2D eigenvalue weighted by Crippen LogP contribution is 2.28. The minimum absolute atomic E-state index is 0.634. The molecule has 2 N–H and O–H groups in total. The molecular weight excluding hydrogens is 330 g/mol. The fraction of sp³-hybridized carbons (Fsp3) is 0.650. The van der Waals surface area contributed by atoms with Crippen molar-refractivity contribution in [1.82, 2.24) is 10.6 Å². The zero-order chi connectivity index (χ0) is 19.0. The van der Waals surface area contributed by atoms with E-state index in [0.29, 0.717) is 6.61 Å². The Bertz CT molecular complexity index is 521. The van der Waals surface area contributed by atoms with E-state index in [1.54, 1.807) is 21.3 Å². The highest BCUT2D eigenvalue weighted by Gasteiger charge is 2.05. The van der Waals surface area contributed by atoms with Crippen LogP contribution in [0.15, 0.2) is 23.2 Å². The minimum atomic E-state index is 0.634. The summed E-state index contributed by atoms with van der Waals surface area (Å²) in [5, 5.41) is 6.71. The molecule has 0 heterocycles. The fourth-order valence-electron chi connectivity index (χ4n) is 2.62. The molecule has 0 aliphatic carbocycles. The zero-order valence-electron chi connectivity index (χ0n) is 16.8. The van der Waals surface area contributed by atoms with E-state index in [2.05, 4.69) is 27.8 Å². The van der Waals surface area contributed by atoms with Crippen molar-refractivity contribution >= 4 is 5.96 Å². The predicted octanol–water partition coefficient (Wildman–Crippen LogP) is 3.01. The number of hydrogen-bond acceptors (Lipinski definition) is 4. The molecule has 0 radical (unpaired) electrons. The third-order valence-corrected chi connectivity index (χ3v) is 4.00. The van der Waals surface area contributed by atoms with Gasteiger partial charge in [-0.2, -0.15) is 0 Å². The second-order valence-corrected chi connectivity index (χ2v) is 6.00. The van der Waals surface area contributed by atoms with E-state index in [0.717, 1.165) is 69.3 Å². The summed E-state index contributed by atoms with van der Waals surface area (Å²) in [6.45, 7) is 5.25. The van der Waals surface area contributed by atoms with Crippen molar-refractivity contribution in [3.8, 4) is 11.5 Å². The monoisotopic (exact) mass is 365 g/mol. The van der Waals surface area contributed by atoms with Gasteiger partial charge in [0.15, 0.2) is 17.5 Å². The van der Waals surface area contributed by atoms with Crippen LogP contribution in [-0.4, -0.2) is 53.5 Å². The Hall–Kier alpha value is -1.95. The van der Waals surface area contributed by atoms with Gasteiger partial charge in [0.1, 0.15) is 0 Å². The average Bonchev–Trinajstić information content (AvgIpc) is 2.66. The SMILES string of the molecule is CCOc1cc(CCCNC(=NC)NCCCCCOC)ccc1OC. The molecule has 0 bridgehead atoms. The van der Waals surface area contributed by atoms with Crippen LogP contribution in [0.25, 0.3) is 0 Å². The van der Waals surface area contributed by atoms with Crippen LogP contribution in [0.4, 0.5) is 0 Å². The van der Waals surface area contributed by atoms with Gasteiger partial charge < -0.3 is 24.8 Å². The van der Waals surface area contributed by atoms with Gasteiger partial charge in [-0.1, -0.05) is 6.07 Å². The van der Waals surface area contributed by atoms with E-state index in [1.807, 2.05) is 13.0 Å². The Morgan fingerprint density at radius 3 is 2.42 bits per heavy atom. The van der Waals surface area contributed by atoms with Gasteiger partial charge in [0.2, 0.25) is 0 Å². The number of hydrogen-bond donors (Lipinski definition) is 2. The minimum Gasteiger partial charge on any atom is -0.493 e. The lowest BCUT2D eigenvalue weighted by Gasteiger charge is -2.13. The molecule has 0 unspecified atom stereocenters. The average molecular weight is 366 g/mol. The summed E-state index contributed by atoms with van der Waals surface area (Å²) >= 11 is 0. The molecule has 0 saturated heterocycles. The second kappa shape index (κ2) is 14.2. The Morgan fingerprint density at radius 1 is 1.00 bits per heavy atom. The largest absolute Gasteiger partial charge is 0.493 e. The molecule has 26 heavy (non-hydrogen) atoms. The predicted molar refractivity (Wildman–Crippen MR) is 108 cm³/mol. The summed E-state index contributed by atoms with van der Waals surface area (Å²) in [5.74, 6) is 2.46. The van der Waals surface area contributed by atoms with Crippen molar-refractivity contribution in [3.63, 3.8) is 0 Å². The lowest BCUT2D eigenvalue weighted by Crippen LogP contribution is -2.38. The van der Waals surface area contributed by atoms with Crippen LogP contribution in [0.5, 0.6) is 11.5 Å². The number of aliphatic imine (C=N–C) groups is 1. The lowest BCUT2D eigenvalue weighted by atomic mass is 10.1. The summed E-state index contributed by atoms with van der Waals surface area (Å²) in [6, 6.07) is 6.13. The molecule has 1 aromatic rings. The third-order valence-electron chi connectivity index (χ3n) is 4.00. The molecule has 1 rings (SSSR count). The van der Waals surface area contributed by atoms with Crippen LogP contribution in [0.1, 0.15) is 38.2 Å². The van der Waals surface area contributed by atoms with Crippen LogP contribution >= 0.6 is 0 Å². The van der Waals surface area contributed by atoms with E-state index >= 15 is 0 Å². The number of rotatable bonds is 13. The number of benzene rings is 1. The summed E-state index contributed by atoms with van der Waals surface area (Å²) in [7, 11) is 5.21. The van der Waals surface area contributed by atoms with Crippen LogP contribution in [0.2, 0.25) is 0 Å². The molecule has 0 aliphatic rings. The van der Waals surface area contributed by atoms with Crippen LogP contribution in [0.3, 0.4) is 0 Å². The quantitative estimate of drug-likeness (QED) is 0.320. The van der Waals surface area contributed by atoms with Gasteiger partial charge in [-0.3, -0.25) is 4.99 Å². The van der Waals surface area contributed by atoms with E-state index in [-0.39, 0.29) is 0 Å². The van der Waals surface area contributed by atoms with E-state index in [4.69, 9.17) is 14.2 Å². The van der Waals surface area contributed by atoms with Crippen molar-refractivity contribution in [2.24, 2.45) is 4.99 Å². The Labute approximate surface area is 158 Å². The number of methoxy groups -OCH3 is 2. The lowest BCUT2D eigenvalue weighted by molar-refractivity contribution is 0.192. The molecule has 0 saturated carbocycles. The van der Waals surface area contributed by atoms with Gasteiger partial charge in [0, 0.05) is 33.9 Å². The summed E-state index contributed by atoms with van der Waals surface area (Å²) in [5.41, 5.74) is 1.25. The van der Waals surface area contributed by atoms with Crippen LogP contribution in [0, 0.1) is 0 Å². The van der Waals surface area contributed by atoms with Gasteiger partial charge in [-0.25, -0.2) is 0 Å². The smallest absolute Gasteiger partial charge is 0.190 e. The fourth-order valence-corrected chi connectivity index (χ4v) is 2.62. The van der Waals surface area contributed by atoms with Crippen molar-refractivity contribution in [3.05, 3.63) is 23.8 Å². The van der Waals surface area contributed by atoms with Gasteiger partial charge in [0.25, 0.3) is 0 Å². The van der Waals surface area contributed by atoms with Crippen molar-refractivity contribution in [1.29, 1.82) is 0 Å². The molecule has 0 aromatic heterocycles. The van der Waals surface area contributed by atoms with Gasteiger partial charge in [-0.05, 0) is 56.7 Å². The molecule has 0 aliphatic heterocycles. The van der Waals surface area contributed by atoms with E-state index < -0.39 is 0 Å². The maximum atomic E-state index is 5.63. The molecular formula is C20H35N3O3. The molecule has 0 amide bonds. The van der Waals surface area contributed by atoms with Gasteiger partial charge in [0.05, 0.1) is 13.7 Å². The number of nitrogens with one attached hydrogen (secondary N) is 2. The number of ether oxygens (including phenoxy) is 3. The standard InChI is InChI=1S/C20H35N3O3/c1-5-26-19-16-17(11-12-18(19)25-4)10-9-14-23-20(21-2)22-13-7-6-8-15-24-3/h11-12,16H,5-10,13-15H2,1-4H3,(H2,21,22,23). The molecule has 1 aromatic carbocycles. The van der Waals surface area contributed by atoms with Crippen molar-refractivity contribution in [2.45, 2.75) is 39.0 Å². The zero-order valence-corrected chi connectivity index (χ0v) is 16.8. The van der Waals surface area contributed by atoms with E-state index in [9.17, 15) is 0 Å². The van der Waals surface area contributed by atoms with Gasteiger partial charge in [-0.15, -0.1) is 0 Å². The number of unbranched alkanes of at least 4 members (excludes halogenated alkanes) is 2. The highest BCUT2D eigenvalue weighted by molar-refractivity contribution is 5.79. The molecule has 0 atom stereocenters. The third kappa shape index (κ3) is 8.94. The second-order valence-electron chi connectivity index (χ2n) is 6.00. The Balaban J connectivity index is 2.26. The first-order chi connectivity index (χ1) is 12.7. The number of nitrogens with zero attached hydrogens (tertiary/aromatic N) is 1. The van der Waals surface area contributed by atoms with Gasteiger partial charge >= 0.3 is 0 Å². The molecule has 6 nitrogen and oxygen atoms in total. The molecule has 6 heteroatoms. The summed E-state index contributed by atoms with van der Waals surface area (Å²) in [4.78, 5) is 4.26. The molecule has 0 fully saturated rings. The normalized spacial score (nSPS) is 11.3. The number of guanidine groups is 1. The topological polar surface area (TPSA) is 64.1 Å². The summed E-state index contributed by atoms with van der Waals surface area (Å²) in [6.07, 6.45) is 5.39. The van der Waals surface area contributed by atoms with Crippen molar-refractivity contribution < 1.29 is 14.2 Å². The first kappa shape index (κ1) is 22.1. The Kier molecular flexibility index (Phi) is 12.1. The first-order valence-electron chi connectivity index (χ1n) is 9.48. The van der Waals surface area contributed by atoms with Crippen LogP contribution in [-0.2, 0) is 11.2 Å². The van der Waals surface area contributed by atoms with Crippen LogP contribution < -0.4 is 20.1 Å². The number of aryl methyl sites for hydroxylation is 1. The maximum Gasteiger partial charge on any atom is 0.190 e. The Morgan fingerprint density at radius 2 is 1.77 bits per heavy atom. The molecule has 148 valence electrons. The van der Waals surface area contributed by atoms with E-state index in [1.165, 1.54) is 5.56 Å². The molecule has 0 spiro atoms. The van der Waals surface area contributed by atoms with Crippen molar-refractivity contribution in [2.75, 3.05) is 47.6 Å². The first-order valence-corrected chi connectivity index (χ1v) is 9.48.